The molecule has 4 nitrogen and oxygen atoms in total. The molecule has 0 radical (unpaired) electrons. The summed E-state index contributed by atoms with van der Waals surface area (Å²) in [5.41, 5.74) is 5.95. The molecule has 80 valence electrons. The predicted molar refractivity (Wildman–Crippen MR) is 56.7 cm³/mol. The highest BCUT2D eigenvalue weighted by Gasteiger charge is 2.20. The Kier molecular flexibility index (Phi) is 3.63. The summed E-state index contributed by atoms with van der Waals surface area (Å²) in [4.78, 5) is 4.22. The molecule has 0 saturated heterocycles. The molecule has 0 aliphatic heterocycles. The Morgan fingerprint density at radius 3 is 2.43 bits per heavy atom. The van der Waals surface area contributed by atoms with E-state index >= 15 is 0 Å². The van der Waals surface area contributed by atoms with Gasteiger partial charge in [-0.25, -0.2) is 4.98 Å². The molecule has 0 bridgehead atoms. The van der Waals surface area contributed by atoms with Crippen LogP contribution in [0.5, 0.6) is 0 Å². The topological polar surface area (TPSA) is 56.7 Å². The Morgan fingerprint density at radius 2 is 2.07 bits per heavy atom. The smallest absolute Gasteiger partial charge is 0.138 e. The van der Waals surface area contributed by atoms with Crippen molar-refractivity contribution in [3.8, 4) is 0 Å². The highest BCUT2D eigenvalue weighted by molar-refractivity contribution is 4.89. The van der Waals surface area contributed by atoms with E-state index in [0.29, 0.717) is 11.8 Å². The van der Waals surface area contributed by atoms with Gasteiger partial charge >= 0.3 is 0 Å². The molecule has 2 unspecified atom stereocenters. The average molecular weight is 196 g/mol. The lowest BCUT2D eigenvalue weighted by atomic mass is 9.87. The largest absolute Gasteiger partial charge is 0.328 e. The van der Waals surface area contributed by atoms with Gasteiger partial charge in [0.05, 0.1) is 0 Å². The van der Waals surface area contributed by atoms with Crippen molar-refractivity contribution >= 4 is 0 Å². The first-order valence-electron chi connectivity index (χ1n) is 5.10. The van der Waals surface area contributed by atoms with E-state index in [9.17, 15) is 0 Å². The third-order valence-electron chi connectivity index (χ3n) is 2.76. The zero-order valence-electron chi connectivity index (χ0n) is 9.44. The van der Waals surface area contributed by atoms with Gasteiger partial charge in [0.2, 0.25) is 0 Å². The molecule has 14 heavy (non-hydrogen) atoms. The first-order valence-corrected chi connectivity index (χ1v) is 5.10. The maximum Gasteiger partial charge on any atom is 0.138 e. The Morgan fingerprint density at radius 1 is 1.43 bits per heavy atom. The Labute approximate surface area is 85.5 Å². The molecular formula is C10H20N4. The van der Waals surface area contributed by atoms with Gasteiger partial charge in [0.1, 0.15) is 12.2 Å². The fraction of sp³-hybridized carbons (Fsp3) is 0.800. The number of aromatic nitrogens is 3. The quantitative estimate of drug-likeness (QED) is 0.781. The molecule has 0 amide bonds. The summed E-state index contributed by atoms with van der Waals surface area (Å²) < 4.78 is 1.82. The third-order valence-corrected chi connectivity index (χ3v) is 2.76. The molecule has 0 fully saturated rings. The molecule has 0 aliphatic rings. The second-order valence-electron chi connectivity index (χ2n) is 4.27. The number of hydrogen-bond acceptors (Lipinski definition) is 3. The van der Waals surface area contributed by atoms with E-state index in [1.54, 1.807) is 6.33 Å². The Bertz CT molecular complexity index is 269. The summed E-state index contributed by atoms with van der Waals surface area (Å²) in [6, 6.07) is 0.201. The molecule has 1 rings (SSSR count). The molecule has 1 aromatic heterocycles. The van der Waals surface area contributed by atoms with Crippen LogP contribution in [0.1, 0.15) is 26.6 Å². The fourth-order valence-electron chi connectivity index (χ4n) is 1.74. The standard InChI is InChI=1S/C10H20N4/c1-7(2)9(8(3)11)5-10-12-6-13-14(10)4/h6-9H,5,11H2,1-4H3. The van der Waals surface area contributed by atoms with E-state index in [1.807, 2.05) is 11.7 Å². The van der Waals surface area contributed by atoms with Gasteiger partial charge in [-0.15, -0.1) is 0 Å². The van der Waals surface area contributed by atoms with E-state index in [-0.39, 0.29) is 6.04 Å². The normalized spacial score (nSPS) is 15.9. The van der Waals surface area contributed by atoms with Gasteiger partial charge in [-0.2, -0.15) is 5.10 Å². The zero-order chi connectivity index (χ0) is 10.7. The van der Waals surface area contributed by atoms with Crippen LogP contribution in [0.15, 0.2) is 6.33 Å². The number of hydrogen-bond donors (Lipinski definition) is 1. The van der Waals surface area contributed by atoms with Crippen LogP contribution in [0.3, 0.4) is 0 Å². The summed E-state index contributed by atoms with van der Waals surface area (Å²) in [6.45, 7) is 6.45. The molecule has 2 N–H and O–H groups in total. The SMILES string of the molecule is CC(C)C(Cc1ncnn1C)C(C)N. The minimum Gasteiger partial charge on any atom is -0.328 e. The lowest BCUT2D eigenvalue weighted by Crippen LogP contribution is -2.32. The number of nitrogens with zero attached hydrogens (tertiary/aromatic N) is 3. The molecule has 1 heterocycles. The minimum atomic E-state index is 0.201. The van der Waals surface area contributed by atoms with Gasteiger partial charge in [0, 0.05) is 19.5 Å². The van der Waals surface area contributed by atoms with Crippen molar-refractivity contribution < 1.29 is 0 Å². The Hall–Kier alpha value is -0.900. The second-order valence-corrected chi connectivity index (χ2v) is 4.27. The molecule has 0 aromatic carbocycles. The predicted octanol–water partition coefficient (Wildman–Crippen LogP) is 0.977. The maximum atomic E-state index is 5.95. The van der Waals surface area contributed by atoms with Crippen LogP contribution in [0.2, 0.25) is 0 Å². The lowest BCUT2D eigenvalue weighted by Gasteiger charge is -2.23. The molecule has 0 saturated carbocycles. The third kappa shape index (κ3) is 2.54. The van der Waals surface area contributed by atoms with Gasteiger partial charge in [-0.05, 0) is 18.8 Å². The highest BCUT2D eigenvalue weighted by atomic mass is 15.3. The molecule has 0 aliphatic carbocycles. The summed E-state index contributed by atoms with van der Waals surface area (Å²) in [5, 5.41) is 4.05. The van der Waals surface area contributed by atoms with E-state index in [2.05, 4.69) is 30.9 Å². The summed E-state index contributed by atoms with van der Waals surface area (Å²) in [7, 11) is 1.92. The van der Waals surface area contributed by atoms with Crippen LogP contribution in [-0.2, 0) is 13.5 Å². The van der Waals surface area contributed by atoms with Crippen LogP contribution in [0, 0.1) is 11.8 Å². The molecule has 4 heteroatoms. The van der Waals surface area contributed by atoms with Crippen LogP contribution < -0.4 is 5.73 Å². The maximum absolute atomic E-state index is 5.95. The van der Waals surface area contributed by atoms with Crippen LogP contribution in [0.4, 0.5) is 0 Å². The van der Waals surface area contributed by atoms with Gasteiger partial charge in [0.15, 0.2) is 0 Å². The van der Waals surface area contributed by atoms with Gasteiger partial charge in [-0.1, -0.05) is 13.8 Å². The van der Waals surface area contributed by atoms with Crippen LogP contribution >= 0.6 is 0 Å². The molecular weight excluding hydrogens is 176 g/mol. The number of aryl methyl sites for hydroxylation is 1. The van der Waals surface area contributed by atoms with E-state index in [4.69, 9.17) is 5.73 Å². The summed E-state index contributed by atoms with van der Waals surface area (Å²) >= 11 is 0. The number of rotatable bonds is 4. The molecule has 2 atom stereocenters. The van der Waals surface area contributed by atoms with Gasteiger partial charge in [0.25, 0.3) is 0 Å². The fourth-order valence-corrected chi connectivity index (χ4v) is 1.74. The van der Waals surface area contributed by atoms with Crippen molar-refractivity contribution in [3.05, 3.63) is 12.2 Å². The average Bonchev–Trinajstić information content (AvgIpc) is 2.46. The van der Waals surface area contributed by atoms with E-state index in [0.717, 1.165) is 12.2 Å². The van der Waals surface area contributed by atoms with E-state index < -0.39 is 0 Å². The van der Waals surface area contributed by atoms with Crippen molar-refractivity contribution in [2.45, 2.75) is 33.2 Å². The summed E-state index contributed by atoms with van der Waals surface area (Å²) in [5.74, 6) is 2.06. The molecule has 0 spiro atoms. The second kappa shape index (κ2) is 4.55. The van der Waals surface area contributed by atoms with Crippen LogP contribution in [0.25, 0.3) is 0 Å². The minimum absolute atomic E-state index is 0.201. The van der Waals surface area contributed by atoms with Crippen molar-refractivity contribution in [2.24, 2.45) is 24.6 Å². The lowest BCUT2D eigenvalue weighted by molar-refractivity contribution is 0.321. The number of nitrogens with two attached hydrogens (primary N) is 1. The Balaban J connectivity index is 2.70. The van der Waals surface area contributed by atoms with Crippen molar-refractivity contribution in [2.75, 3.05) is 0 Å². The van der Waals surface area contributed by atoms with E-state index in [1.165, 1.54) is 0 Å². The van der Waals surface area contributed by atoms with Crippen LogP contribution in [-0.4, -0.2) is 20.8 Å². The monoisotopic (exact) mass is 196 g/mol. The zero-order valence-corrected chi connectivity index (χ0v) is 9.44. The van der Waals surface area contributed by atoms with Gasteiger partial charge in [-0.3, -0.25) is 4.68 Å². The highest BCUT2D eigenvalue weighted by Crippen LogP contribution is 2.18. The van der Waals surface area contributed by atoms with Gasteiger partial charge < -0.3 is 5.73 Å². The summed E-state index contributed by atoms with van der Waals surface area (Å²) in [6.07, 6.45) is 2.50. The van der Waals surface area contributed by atoms with Crippen molar-refractivity contribution in [1.82, 2.24) is 14.8 Å². The van der Waals surface area contributed by atoms with Crippen molar-refractivity contribution in [1.29, 1.82) is 0 Å². The van der Waals surface area contributed by atoms with Crippen molar-refractivity contribution in [3.63, 3.8) is 0 Å². The first-order chi connectivity index (χ1) is 6.52. The molecule has 1 aromatic rings. The first kappa shape index (κ1) is 11.2.